The van der Waals surface area contributed by atoms with Crippen molar-refractivity contribution in [3.63, 3.8) is 0 Å². The molecule has 1 fully saturated rings. The molecule has 0 saturated carbocycles. The predicted octanol–water partition coefficient (Wildman–Crippen LogP) is 4.78. The summed E-state index contributed by atoms with van der Waals surface area (Å²) in [6.07, 6.45) is 3.87. The monoisotopic (exact) mass is 635 g/mol. The Balaban J connectivity index is 1.36. The number of nitrogens with zero attached hydrogens (tertiary/aromatic N) is 6. The van der Waals surface area contributed by atoms with Crippen molar-refractivity contribution in [2.24, 2.45) is 0 Å². The summed E-state index contributed by atoms with van der Waals surface area (Å²) in [5, 5.41) is 23.3. The number of nitriles is 1. The number of anilines is 3. The van der Waals surface area contributed by atoms with E-state index in [-0.39, 0.29) is 17.5 Å². The van der Waals surface area contributed by atoms with Gasteiger partial charge < -0.3 is 20.7 Å². The number of morpholine rings is 1. The highest BCUT2D eigenvalue weighted by atomic mass is 16.5. The van der Waals surface area contributed by atoms with Crippen LogP contribution in [0, 0.1) is 18.3 Å². The molecule has 5 rings (SSSR count). The minimum Gasteiger partial charge on any atom is -0.379 e. The average molecular weight is 636 g/mol. The minimum atomic E-state index is -0.679. The summed E-state index contributed by atoms with van der Waals surface area (Å²) in [5.74, 6) is 0.433. The first-order chi connectivity index (χ1) is 22.7. The van der Waals surface area contributed by atoms with Crippen LogP contribution in [0.1, 0.15) is 64.4 Å². The lowest BCUT2D eigenvalue weighted by atomic mass is 9.81. The van der Waals surface area contributed by atoms with E-state index in [4.69, 9.17) is 4.74 Å². The van der Waals surface area contributed by atoms with Gasteiger partial charge >= 0.3 is 0 Å². The molecule has 1 saturated heterocycles. The van der Waals surface area contributed by atoms with Crippen LogP contribution < -0.4 is 16.0 Å². The van der Waals surface area contributed by atoms with E-state index in [1.807, 2.05) is 51.1 Å². The lowest BCUT2D eigenvalue weighted by Gasteiger charge is -2.26. The maximum absolute atomic E-state index is 13.3. The van der Waals surface area contributed by atoms with E-state index in [2.05, 4.69) is 42.0 Å². The molecule has 4 aromatic rings. The first-order valence-corrected chi connectivity index (χ1v) is 15.9. The summed E-state index contributed by atoms with van der Waals surface area (Å²) in [7, 11) is 1.56. The van der Waals surface area contributed by atoms with Gasteiger partial charge in [0.05, 0.1) is 24.7 Å². The van der Waals surface area contributed by atoms with E-state index in [0.29, 0.717) is 35.0 Å². The molecule has 12 heteroatoms. The number of amides is 2. The Morgan fingerprint density at radius 2 is 1.87 bits per heavy atom. The van der Waals surface area contributed by atoms with Gasteiger partial charge in [-0.2, -0.15) is 15.0 Å². The fourth-order valence-electron chi connectivity index (χ4n) is 5.36. The smallest absolute Gasteiger partial charge is 0.271 e. The number of hydrogen-bond acceptors (Lipinski definition) is 9. The number of rotatable bonds is 12. The van der Waals surface area contributed by atoms with Crippen molar-refractivity contribution < 1.29 is 14.3 Å². The van der Waals surface area contributed by atoms with Gasteiger partial charge in [0.15, 0.2) is 11.5 Å². The molecule has 244 valence electrons. The standard InChI is InChI=1S/C35H41N9O3/c1-5-35(3,22-36)26-9-6-8-25(18-26)33(45)40-28-12-11-24(2)29(19-28)41-32-21-30(34(46)37-4)42-44(32)31-20-27(38-23-39-31)10-7-13-43-14-16-47-17-15-43/h6,8-9,11-12,18-21,23,41H,5,7,10,13-17H2,1-4H3,(H,37,46)(H,40,45). The number of nitrogens with one attached hydrogen (secondary N) is 3. The molecule has 1 aliphatic rings. The topological polar surface area (TPSA) is 150 Å². The van der Waals surface area contributed by atoms with Gasteiger partial charge in [0.25, 0.3) is 11.8 Å². The van der Waals surface area contributed by atoms with E-state index in [9.17, 15) is 14.9 Å². The second-order valence-corrected chi connectivity index (χ2v) is 11.8. The number of carbonyl (C=O) groups excluding carboxylic acids is 2. The van der Waals surface area contributed by atoms with E-state index in [1.165, 1.54) is 6.33 Å². The van der Waals surface area contributed by atoms with Gasteiger partial charge in [-0.3, -0.25) is 14.5 Å². The molecule has 2 aromatic heterocycles. The highest BCUT2D eigenvalue weighted by molar-refractivity contribution is 6.04. The average Bonchev–Trinajstić information content (AvgIpc) is 3.53. The Kier molecular flexibility index (Phi) is 10.6. The maximum atomic E-state index is 13.3. The second-order valence-electron chi connectivity index (χ2n) is 11.8. The number of hydrogen-bond donors (Lipinski definition) is 3. The molecule has 1 aliphatic heterocycles. The number of aromatic nitrogens is 4. The van der Waals surface area contributed by atoms with Crippen molar-refractivity contribution >= 4 is 29.0 Å². The molecule has 1 unspecified atom stereocenters. The van der Waals surface area contributed by atoms with Gasteiger partial charge in [-0.1, -0.05) is 25.1 Å². The van der Waals surface area contributed by atoms with E-state index in [0.717, 1.165) is 62.5 Å². The number of carbonyl (C=O) groups is 2. The molecular weight excluding hydrogens is 594 g/mol. The largest absolute Gasteiger partial charge is 0.379 e. The molecule has 1 atom stereocenters. The lowest BCUT2D eigenvalue weighted by Crippen LogP contribution is -2.36. The summed E-state index contributed by atoms with van der Waals surface area (Å²) in [6, 6.07) is 18.6. The van der Waals surface area contributed by atoms with Crippen LogP contribution in [-0.2, 0) is 16.6 Å². The molecule has 0 radical (unpaired) electrons. The Morgan fingerprint density at radius 1 is 1.06 bits per heavy atom. The summed E-state index contributed by atoms with van der Waals surface area (Å²) >= 11 is 0. The second kappa shape index (κ2) is 15.0. The molecule has 2 amide bonds. The van der Waals surface area contributed by atoms with Crippen molar-refractivity contribution in [3.8, 4) is 11.9 Å². The summed E-state index contributed by atoms with van der Waals surface area (Å²) in [4.78, 5) is 37.2. The van der Waals surface area contributed by atoms with Gasteiger partial charge in [-0.05, 0) is 75.0 Å². The highest BCUT2D eigenvalue weighted by Crippen LogP contribution is 2.29. The van der Waals surface area contributed by atoms with Crippen molar-refractivity contribution in [1.29, 1.82) is 5.26 Å². The van der Waals surface area contributed by atoms with Crippen LogP contribution in [0.3, 0.4) is 0 Å². The van der Waals surface area contributed by atoms with Gasteiger partial charge in [0.1, 0.15) is 12.1 Å². The number of aryl methyl sites for hydroxylation is 2. The number of ether oxygens (including phenoxy) is 1. The highest BCUT2D eigenvalue weighted by Gasteiger charge is 2.25. The van der Waals surface area contributed by atoms with Gasteiger partial charge in [0, 0.05) is 54.9 Å². The van der Waals surface area contributed by atoms with Crippen LogP contribution >= 0.6 is 0 Å². The van der Waals surface area contributed by atoms with Crippen molar-refractivity contribution in [1.82, 2.24) is 30.0 Å². The first kappa shape index (κ1) is 33.2. The Bertz CT molecular complexity index is 1770. The van der Waals surface area contributed by atoms with Crippen molar-refractivity contribution in [3.05, 3.63) is 89.0 Å². The lowest BCUT2D eigenvalue weighted by molar-refractivity contribution is 0.0374. The SMILES string of the molecule is CCC(C)(C#N)c1cccc(C(=O)Nc2ccc(C)c(Nc3cc(C(=O)NC)nn3-c3cc(CCCN4CCOCC4)ncn3)c2)c1. The van der Waals surface area contributed by atoms with Gasteiger partial charge in [0.2, 0.25) is 0 Å². The molecule has 2 aromatic carbocycles. The molecule has 0 spiro atoms. The normalized spacial score (nSPS) is 14.5. The van der Waals surface area contributed by atoms with Gasteiger partial charge in [-0.25, -0.2) is 9.97 Å². The molecule has 0 bridgehead atoms. The molecule has 12 nitrogen and oxygen atoms in total. The quantitative estimate of drug-likeness (QED) is 0.200. The predicted molar refractivity (Wildman–Crippen MR) is 180 cm³/mol. The molecule has 3 N–H and O–H groups in total. The minimum absolute atomic E-state index is 0.223. The zero-order valence-corrected chi connectivity index (χ0v) is 27.3. The molecule has 0 aliphatic carbocycles. The maximum Gasteiger partial charge on any atom is 0.271 e. The third-order valence-corrected chi connectivity index (χ3v) is 8.58. The van der Waals surface area contributed by atoms with Crippen LogP contribution in [0.25, 0.3) is 5.82 Å². The summed E-state index contributed by atoms with van der Waals surface area (Å²) in [6.45, 7) is 10.2. The third kappa shape index (κ3) is 8.00. The zero-order valence-electron chi connectivity index (χ0n) is 27.3. The molecular formula is C35H41N9O3. The Labute approximate surface area is 275 Å². The Morgan fingerprint density at radius 3 is 2.62 bits per heavy atom. The van der Waals surface area contributed by atoms with E-state index < -0.39 is 5.41 Å². The summed E-state index contributed by atoms with van der Waals surface area (Å²) in [5.41, 5.74) is 3.89. The number of benzene rings is 2. The summed E-state index contributed by atoms with van der Waals surface area (Å²) < 4.78 is 7.04. The van der Waals surface area contributed by atoms with Gasteiger partial charge in [-0.15, -0.1) is 0 Å². The van der Waals surface area contributed by atoms with Crippen LogP contribution in [0.5, 0.6) is 0 Å². The third-order valence-electron chi connectivity index (χ3n) is 8.58. The van der Waals surface area contributed by atoms with Crippen LogP contribution in [0.4, 0.5) is 17.2 Å². The first-order valence-electron chi connectivity index (χ1n) is 15.9. The van der Waals surface area contributed by atoms with Crippen molar-refractivity contribution in [2.75, 3.05) is 50.5 Å². The van der Waals surface area contributed by atoms with Crippen LogP contribution in [0.2, 0.25) is 0 Å². The molecule has 47 heavy (non-hydrogen) atoms. The Hall–Kier alpha value is -5.12. The van der Waals surface area contributed by atoms with Crippen molar-refractivity contribution in [2.45, 2.75) is 45.4 Å². The zero-order chi connectivity index (χ0) is 33.4. The van der Waals surface area contributed by atoms with Crippen LogP contribution in [-0.4, -0.2) is 76.4 Å². The van der Waals surface area contributed by atoms with Crippen LogP contribution in [0.15, 0.2) is 60.9 Å². The van der Waals surface area contributed by atoms with E-state index >= 15 is 0 Å². The fraction of sp³-hybridized carbons (Fsp3) is 0.371. The molecule has 3 heterocycles. The fourth-order valence-corrected chi connectivity index (χ4v) is 5.36. The van der Waals surface area contributed by atoms with E-state index in [1.54, 1.807) is 36.0 Å².